The Labute approximate surface area is 375 Å². The van der Waals surface area contributed by atoms with Crippen LogP contribution in [0.3, 0.4) is 0 Å². The van der Waals surface area contributed by atoms with Crippen LogP contribution in [-0.2, 0) is 35.1 Å². The summed E-state index contributed by atoms with van der Waals surface area (Å²) in [5.74, 6) is 0.105. The van der Waals surface area contributed by atoms with E-state index in [2.05, 4.69) is 47.9 Å². The molecule has 1 aliphatic carbocycles. The first-order valence-corrected chi connectivity index (χ1v) is 21.8. The van der Waals surface area contributed by atoms with Gasteiger partial charge in [-0.25, -0.2) is 4.98 Å². The minimum absolute atomic E-state index is 0.0448. The Kier molecular flexibility index (Phi) is 13.9. The molecule has 0 spiro atoms. The number of amides is 5. The zero-order chi connectivity index (χ0) is 45.5. The number of benzene rings is 2. The second-order valence-corrected chi connectivity index (χ2v) is 16.0. The van der Waals surface area contributed by atoms with Crippen molar-refractivity contribution in [3.8, 4) is 11.4 Å². The maximum atomic E-state index is 13.1. The monoisotopic (exact) mass is 889 g/mol. The first kappa shape index (κ1) is 44.6. The van der Waals surface area contributed by atoms with Crippen LogP contribution in [0, 0.1) is 6.57 Å². The Hall–Kier alpha value is -6.95. The number of piperidine rings is 1. The number of imidazole rings is 1. The number of imide groups is 1. The van der Waals surface area contributed by atoms with Gasteiger partial charge in [-0.05, 0) is 56.0 Å². The molecule has 1 saturated heterocycles. The average Bonchev–Trinajstić information content (AvgIpc) is 4.08. The highest BCUT2D eigenvalue weighted by Crippen LogP contribution is 2.46. The summed E-state index contributed by atoms with van der Waals surface area (Å²) in [6, 6.07) is 9.57. The lowest BCUT2D eigenvalue weighted by molar-refractivity contribution is -0.137. The molecule has 5 amide bonds. The van der Waals surface area contributed by atoms with Gasteiger partial charge in [0.25, 0.3) is 17.6 Å². The highest BCUT2D eigenvalue weighted by Gasteiger charge is 2.41. The molecule has 5 heterocycles. The number of aromatic nitrogens is 4. The Morgan fingerprint density at radius 3 is 2.51 bits per heavy atom. The van der Waals surface area contributed by atoms with E-state index >= 15 is 0 Å². The lowest BCUT2D eigenvalue weighted by Gasteiger charge is -2.42. The minimum Gasteiger partial charge on any atom is -0.495 e. The molecule has 0 radical (unpaired) electrons. The van der Waals surface area contributed by atoms with Crippen molar-refractivity contribution in [1.82, 2.24) is 35.1 Å². The Balaban J connectivity index is 0.736. The second kappa shape index (κ2) is 20.3. The molecule has 2 aromatic carbocycles. The van der Waals surface area contributed by atoms with E-state index in [4.69, 9.17) is 30.5 Å². The topological polar surface area (TPSA) is 225 Å². The van der Waals surface area contributed by atoms with E-state index in [1.165, 1.54) is 12.0 Å². The van der Waals surface area contributed by atoms with Crippen LogP contribution in [-0.4, -0.2) is 119 Å². The third-order valence-corrected chi connectivity index (χ3v) is 12.0. The van der Waals surface area contributed by atoms with Gasteiger partial charge >= 0.3 is 0 Å². The number of methoxy groups -OCH3 is 1. The zero-order valence-corrected chi connectivity index (χ0v) is 36.3. The van der Waals surface area contributed by atoms with Gasteiger partial charge in [0.05, 0.1) is 63.8 Å². The van der Waals surface area contributed by atoms with Gasteiger partial charge in [-0.3, -0.25) is 33.9 Å². The molecular weight excluding hydrogens is 839 g/mol. The molecule has 0 bridgehead atoms. The number of nitrogens with zero attached hydrogens (tertiary/aromatic N) is 7. The number of rotatable bonds is 19. The Bertz CT molecular complexity index is 2500. The van der Waals surface area contributed by atoms with E-state index in [1.54, 1.807) is 48.9 Å². The number of carbonyl (C=O) groups excluding carboxylic acids is 5. The van der Waals surface area contributed by atoms with Gasteiger partial charge in [0.15, 0.2) is 12.1 Å². The van der Waals surface area contributed by atoms with Crippen LogP contribution in [0.5, 0.6) is 5.75 Å². The van der Waals surface area contributed by atoms with Crippen molar-refractivity contribution < 1.29 is 42.9 Å². The van der Waals surface area contributed by atoms with Crippen LogP contribution >= 0.6 is 0 Å². The van der Waals surface area contributed by atoms with Crippen LogP contribution in [0.2, 0.25) is 0 Å². The van der Waals surface area contributed by atoms with Crippen molar-refractivity contribution in [2.24, 2.45) is 0 Å². The van der Waals surface area contributed by atoms with E-state index in [0.29, 0.717) is 51.6 Å². The summed E-state index contributed by atoms with van der Waals surface area (Å²) in [5.41, 5.74) is 4.10. The summed E-state index contributed by atoms with van der Waals surface area (Å²) in [4.78, 5) is 84.2. The van der Waals surface area contributed by atoms with Crippen LogP contribution in [0.25, 0.3) is 10.5 Å². The number of ether oxygens (including phenoxy) is 4. The van der Waals surface area contributed by atoms with Crippen molar-refractivity contribution in [2.75, 3.05) is 68.8 Å². The fraction of sp³-hybridized carbons (Fsp3) is 0.444. The molecule has 4 aliphatic rings. The van der Waals surface area contributed by atoms with E-state index in [9.17, 15) is 24.0 Å². The van der Waals surface area contributed by atoms with Gasteiger partial charge in [-0.1, -0.05) is 32.4 Å². The predicted octanol–water partition coefficient (Wildman–Crippen LogP) is 4.36. The number of fused-ring (bicyclic) bond motifs is 4. The van der Waals surface area contributed by atoms with Crippen molar-refractivity contribution in [2.45, 2.75) is 76.5 Å². The van der Waals surface area contributed by atoms with E-state index in [-0.39, 0.29) is 89.3 Å². The van der Waals surface area contributed by atoms with Crippen LogP contribution in [0.15, 0.2) is 48.9 Å². The molecule has 65 heavy (non-hydrogen) atoms. The minimum atomic E-state index is -0.751. The highest BCUT2D eigenvalue weighted by atomic mass is 16.5. The van der Waals surface area contributed by atoms with Crippen LogP contribution in [0.1, 0.15) is 89.9 Å². The number of carbonyl (C=O) groups is 5. The molecule has 20 heteroatoms. The summed E-state index contributed by atoms with van der Waals surface area (Å²) in [7, 11) is 1.53. The average molecular weight is 890 g/mol. The van der Waals surface area contributed by atoms with Crippen molar-refractivity contribution >= 4 is 58.5 Å². The van der Waals surface area contributed by atoms with Gasteiger partial charge < -0.3 is 49.5 Å². The third-order valence-electron chi connectivity index (χ3n) is 12.0. The Morgan fingerprint density at radius 1 is 0.969 bits per heavy atom. The zero-order valence-electron chi connectivity index (χ0n) is 36.3. The van der Waals surface area contributed by atoms with Gasteiger partial charge in [0.1, 0.15) is 24.1 Å². The lowest BCUT2D eigenvalue weighted by atomic mass is 10.0. The summed E-state index contributed by atoms with van der Waals surface area (Å²) >= 11 is 0. The van der Waals surface area contributed by atoms with Gasteiger partial charge in [0, 0.05) is 47.9 Å². The van der Waals surface area contributed by atoms with E-state index in [0.717, 1.165) is 49.3 Å². The second-order valence-electron chi connectivity index (χ2n) is 16.0. The fourth-order valence-corrected chi connectivity index (χ4v) is 8.89. The molecule has 1 unspecified atom stereocenters. The number of nitrogens with one attached hydrogen (secondary N) is 4. The number of hydrogen-bond donors (Lipinski definition) is 4. The summed E-state index contributed by atoms with van der Waals surface area (Å²) in [6.45, 7) is 11.2. The smallest absolute Gasteiger partial charge is 0.293 e. The SMILES string of the molecule is [C-]#[N+]c1ncn2c1[C@@H](CC)N(C1CCCC1)c1nc(Nc3ccc(C(=O)NCCOCCOCCOCC(=O)Nc4cccc5c4CN(C4CCC(=O)NC4=O)C5=O)cc3OC)ncc1-2. The molecule has 20 nitrogen and oxygen atoms in total. The molecule has 8 rings (SSSR count). The lowest BCUT2D eigenvalue weighted by Crippen LogP contribution is -2.52. The molecule has 2 aromatic heterocycles. The molecule has 3 aliphatic heterocycles. The quantitative estimate of drug-likeness (QED) is 0.0584. The molecule has 1 saturated carbocycles. The number of hydrogen-bond acceptors (Lipinski definition) is 14. The summed E-state index contributed by atoms with van der Waals surface area (Å²) in [5, 5.41) is 11.2. The van der Waals surface area contributed by atoms with Gasteiger partial charge in [-0.15, -0.1) is 4.98 Å². The molecule has 2 fully saturated rings. The molecule has 340 valence electrons. The van der Waals surface area contributed by atoms with Crippen molar-refractivity contribution in [3.63, 3.8) is 0 Å². The van der Waals surface area contributed by atoms with Gasteiger partial charge in [0.2, 0.25) is 23.7 Å². The molecule has 4 aromatic rings. The van der Waals surface area contributed by atoms with Gasteiger partial charge in [-0.2, -0.15) is 4.98 Å². The first-order valence-electron chi connectivity index (χ1n) is 21.8. The molecular formula is C45H51N11O9. The normalized spacial score (nSPS) is 17.8. The predicted molar refractivity (Wildman–Crippen MR) is 235 cm³/mol. The Morgan fingerprint density at radius 2 is 1.75 bits per heavy atom. The van der Waals surface area contributed by atoms with Crippen LogP contribution in [0.4, 0.5) is 29.0 Å². The van der Waals surface area contributed by atoms with E-state index < -0.39 is 17.9 Å². The number of anilines is 4. The van der Waals surface area contributed by atoms with Crippen LogP contribution < -0.4 is 30.9 Å². The first-order chi connectivity index (χ1) is 31.7. The van der Waals surface area contributed by atoms with Crippen molar-refractivity contribution in [3.05, 3.63) is 82.7 Å². The molecule has 4 N–H and O–H groups in total. The molecule has 2 atom stereocenters. The maximum absolute atomic E-state index is 13.1. The maximum Gasteiger partial charge on any atom is 0.293 e. The highest BCUT2D eigenvalue weighted by molar-refractivity contribution is 6.07. The standard InChI is InChI=1S/C45H51N11O9/c1-4-33-39-40(46-2)49-26-55(39)35-23-48-45(53-41(35)56(33)28-8-5-6-9-28)51-32-13-12-27(22-36(32)62-3)42(59)47-16-17-63-18-19-64-20-21-65-25-38(58)50-31-11-7-10-29-30(31)24-54(44(29)61)34-14-15-37(57)52-43(34)60/h7,10-13,22-23,26,28,33-34H,4-6,8-9,14-21,24-25H2,1,3H3,(H,47,59)(H,50,58)(H,48,51,53)(H,52,57,60)/t33-,34?/m1/s1. The third kappa shape index (κ3) is 9.62. The summed E-state index contributed by atoms with van der Waals surface area (Å²) in [6.07, 6.45) is 9.02. The van der Waals surface area contributed by atoms with Crippen molar-refractivity contribution in [1.29, 1.82) is 0 Å². The fourth-order valence-electron chi connectivity index (χ4n) is 8.89. The van der Waals surface area contributed by atoms with E-state index in [1.807, 2.05) is 4.57 Å². The summed E-state index contributed by atoms with van der Waals surface area (Å²) < 4.78 is 24.2. The largest absolute Gasteiger partial charge is 0.495 e.